The van der Waals surface area contributed by atoms with E-state index in [0.29, 0.717) is 18.0 Å². The third-order valence-electron chi connectivity index (χ3n) is 3.91. The Kier molecular flexibility index (Phi) is 6.82. The minimum absolute atomic E-state index is 0.0469. The number of ether oxygens (including phenoxy) is 1. The number of nitrogens with zero attached hydrogens (tertiary/aromatic N) is 1. The summed E-state index contributed by atoms with van der Waals surface area (Å²) in [5.74, 6) is 0.260. The summed E-state index contributed by atoms with van der Waals surface area (Å²) in [6.07, 6.45) is 1.57. The summed E-state index contributed by atoms with van der Waals surface area (Å²) in [4.78, 5) is 12.4. The molecule has 0 aromatic heterocycles. The Labute approximate surface area is 177 Å². The van der Waals surface area contributed by atoms with Crippen LogP contribution in [0.4, 0.5) is 5.69 Å². The largest absolute Gasteiger partial charge is 0.489 e. The molecule has 0 unspecified atom stereocenters. The topological polar surface area (TPSA) is 62.1 Å². The first kappa shape index (κ1) is 19.6. The molecular weight excluding hydrogens is 463 g/mol. The van der Waals surface area contributed by atoms with Crippen LogP contribution < -0.4 is 10.1 Å². The van der Waals surface area contributed by atoms with Crippen LogP contribution in [-0.4, -0.2) is 5.91 Å². The number of benzene rings is 3. The van der Waals surface area contributed by atoms with Crippen molar-refractivity contribution in [3.63, 3.8) is 0 Å². The highest BCUT2D eigenvalue weighted by molar-refractivity contribution is 14.1. The second-order valence-electron chi connectivity index (χ2n) is 5.97. The molecule has 0 aliphatic carbocycles. The lowest BCUT2D eigenvalue weighted by molar-refractivity contribution is -0.112. The molecule has 0 saturated carbocycles. The van der Waals surface area contributed by atoms with E-state index < -0.39 is 5.91 Å². The van der Waals surface area contributed by atoms with E-state index >= 15 is 0 Å². The number of carbonyl (C=O) groups excluding carboxylic acids is 1. The monoisotopic (exact) mass is 480 g/mol. The number of hydrogen-bond acceptors (Lipinski definition) is 3. The zero-order valence-corrected chi connectivity index (χ0v) is 17.1. The van der Waals surface area contributed by atoms with Gasteiger partial charge in [0, 0.05) is 9.26 Å². The smallest absolute Gasteiger partial charge is 0.266 e. The summed E-state index contributed by atoms with van der Waals surface area (Å²) in [7, 11) is 0. The molecule has 0 atom stereocenters. The van der Waals surface area contributed by atoms with Crippen molar-refractivity contribution in [3.05, 3.63) is 99.1 Å². The van der Waals surface area contributed by atoms with Crippen LogP contribution in [0.5, 0.6) is 5.75 Å². The first-order valence-electron chi connectivity index (χ1n) is 8.59. The predicted molar refractivity (Wildman–Crippen MR) is 119 cm³/mol. The van der Waals surface area contributed by atoms with E-state index in [1.54, 1.807) is 30.3 Å². The van der Waals surface area contributed by atoms with Crippen molar-refractivity contribution in [2.45, 2.75) is 6.61 Å². The average Bonchev–Trinajstić information content (AvgIpc) is 2.73. The van der Waals surface area contributed by atoms with Gasteiger partial charge in [0.25, 0.3) is 5.91 Å². The summed E-state index contributed by atoms with van der Waals surface area (Å²) in [6, 6.07) is 26.5. The summed E-state index contributed by atoms with van der Waals surface area (Å²) in [5.41, 5.74) is 2.53. The quantitative estimate of drug-likeness (QED) is 0.291. The summed E-state index contributed by atoms with van der Waals surface area (Å²) in [6.45, 7) is 0.476. The van der Waals surface area contributed by atoms with Crippen LogP contribution in [-0.2, 0) is 11.4 Å². The molecule has 0 aliphatic rings. The second-order valence-corrected chi connectivity index (χ2v) is 7.22. The molecule has 1 amide bonds. The Morgan fingerprint density at radius 2 is 1.68 bits per heavy atom. The third kappa shape index (κ3) is 5.69. The van der Waals surface area contributed by atoms with E-state index in [2.05, 4.69) is 27.9 Å². The number of amides is 1. The van der Waals surface area contributed by atoms with Crippen LogP contribution in [0, 0.1) is 14.9 Å². The molecule has 0 spiro atoms. The highest BCUT2D eigenvalue weighted by Crippen LogP contribution is 2.18. The molecule has 0 aliphatic heterocycles. The maximum absolute atomic E-state index is 12.4. The lowest BCUT2D eigenvalue weighted by Gasteiger charge is -2.08. The average molecular weight is 480 g/mol. The lowest BCUT2D eigenvalue weighted by Crippen LogP contribution is -2.13. The number of hydrogen-bond donors (Lipinski definition) is 1. The standard InChI is InChI=1S/C23H17IN2O2/c24-20-8-6-17(7-9-20)14-19(15-25)23(27)26-21-10-12-22(13-11-21)28-16-18-4-2-1-3-5-18/h1-14H,16H2,(H,26,27)/b19-14+. The third-order valence-corrected chi connectivity index (χ3v) is 4.63. The van der Waals surface area contributed by atoms with Crippen LogP contribution in [0.15, 0.2) is 84.4 Å². The van der Waals surface area contributed by atoms with Gasteiger partial charge in [-0.1, -0.05) is 42.5 Å². The molecule has 5 heteroatoms. The van der Waals surface area contributed by atoms with Gasteiger partial charge in [-0.05, 0) is 76.2 Å². The van der Waals surface area contributed by atoms with E-state index in [1.165, 1.54) is 0 Å². The van der Waals surface area contributed by atoms with E-state index in [0.717, 1.165) is 14.7 Å². The van der Waals surface area contributed by atoms with Crippen molar-refractivity contribution in [1.29, 1.82) is 5.26 Å². The zero-order chi connectivity index (χ0) is 19.8. The number of carbonyl (C=O) groups is 1. The van der Waals surface area contributed by atoms with Gasteiger partial charge in [-0.3, -0.25) is 4.79 Å². The normalized spacial score (nSPS) is 10.8. The van der Waals surface area contributed by atoms with Crippen LogP contribution in [0.1, 0.15) is 11.1 Å². The van der Waals surface area contributed by atoms with Gasteiger partial charge >= 0.3 is 0 Å². The number of nitriles is 1. The molecule has 3 aromatic rings. The maximum Gasteiger partial charge on any atom is 0.266 e. The fraction of sp³-hybridized carbons (Fsp3) is 0.0435. The predicted octanol–water partition coefficient (Wildman–Crippen LogP) is 5.42. The van der Waals surface area contributed by atoms with E-state index in [1.807, 2.05) is 60.7 Å². The molecule has 3 rings (SSSR count). The highest BCUT2D eigenvalue weighted by Gasteiger charge is 2.09. The summed E-state index contributed by atoms with van der Waals surface area (Å²) < 4.78 is 6.82. The number of rotatable bonds is 6. The van der Waals surface area contributed by atoms with Gasteiger partial charge in [-0.25, -0.2) is 0 Å². The summed E-state index contributed by atoms with van der Waals surface area (Å²) >= 11 is 2.20. The number of halogens is 1. The Hall–Kier alpha value is -3.11. The van der Waals surface area contributed by atoms with Gasteiger partial charge in [0.2, 0.25) is 0 Å². The minimum atomic E-state index is -0.445. The Bertz CT molecular complexity index is 1010. The Morgan fingerprint density at radius 3 is 2.32 bits per heavy atom. The highest BCUT2D eigenvalue weighted by atomic mass is 127. The van der Waals surface area contributed by atoms with Crippen LogP contribution in [0.2, 0.25) is 0 Å². The van der Waals surface area contributed by atoms with Crippen LogP contribution in [0.25, 0.3) is 6.08 Å². The molecular formula is C23H17IN2O2. The van der Waals surface area contributed by atoms with Crippen LogP contribution in [0.3, 0.4) is 0 Å². The van der Waals surface area contributed by atoms with Gasteiger partial charge in [-0.15, -0.1) is 0 Å². The van der Waals surface area contributed by atoms with Gasteiger partial charge in [0.1, 0.15) is 24.0 Å². The van der Waals surface area contributed by atoms with E-state index in [4.69, 9.17) is 4.74 Å². The van der Waals surface area contributed by atoms with Crippen molar-refractivity contribution >= 4 is 40.3 Å². The van der Waals surface area contributed by atoms with E-state index in [-0.39, 0.29) is 5.57 Å². The molecule has 28 heavy (non-hydrogen) atoms. The SMILES string of the molecule is N#C/C(=C\c1ccc(I)cc1)C(=O)Nc1ccc(OCc2ccccc2)cc1. The molecule has 138 valence electrons. The Morgan fingerprint density at radius 1 is 1.00 bits per heavy atom. The fourth-order valence-electron chi connectivity index (χ4n) is 2.45. The molecule has 3 aromatic carbocycles. The molecule has 0 radical (unpaired) electrons. The second kappa shape index (κ2) is 9.72. The van der Waals surface area contributed by atoms with Crippen molar-refractivity contribution < 1.29 is 9.53 Å². The summed E-state index contributed by atoms with van der Waals surface area (Å²) in [5, 5.41) is 12.1. The van der Waals surface area contributed by atoms with Gasteiger partial charge < -0.3 is 10.1 Å². The minimum Gasteiger partial charge on any atom is -0.489 e. The van der Waals surface area contributed by atoms with Crippen LogP contribution >= 0.6 is 22.6 Å². The molecule has 0 bridgehead atoms. The molecule has 0 heterocycles. The maximum atomic E-state index is 12.4. The molecule has 4 nitrogen and oxygen atoms in total. The number of nitrogens with one attached hydrogen (secondary N) is 1. The molecule has 0 fully saturated rings. The Balaban J connectivity index is 1.61. The van der Waals surface area contributed by atoms with Gasteiger partial charge in [-0.2, -0.15) is 5.26 Å². The number of anilines is 1. The van der Waals surface area contributed by atoms with Crippen molar-refractivity contribution in [2.75, 3.05) is 5.32 Å². The lowest BCUT2D eigenvalue weighted by atomic mass is 10.1. The first-order valence-corrected chi connectivity index (χ1v) is 9.67. The first-order chi connectivity index (χ1) is 13.6. The zero-order valence-electron chi connectivity index (χ0n) is 14.9. The van der Waals surface area contributed by atoms with Gasteiger partial charge in [0.05, 0.1) is 0 Å². The molecule has 1 N–H and O–H groups in total. The van der Waals surface area contributed by atoms with E-state index in [9.17, 15) is 10.1 Å². The fourth-order valence-corrected chi connectivity index (χ4v) is 2.81. The van der Waals surface area contributed by atoms with Gasteiger partial charge in [0.15, 0.2) is 0 Å². The van der Waals surface area contributed by atoms with Crippen molar-refractivity contribution in [3.8, 4) is 11.8 Å². The van der Waals surface area contributed by atoms with Crippen molar-refractivity contribution in [1.82, 2.24) is 0 Å². The molecule has 0 saturated heterocycles. The van der Waals surface area contributed by atoms with Crippen molar-refractivity contribution in [2.24, 2.45) is 0 Å².